The summed E-state index contributed by atoms with van der Waals surface area (Å²) >= 11 is 0. The van der Waals surface area contributed by atoms with Crippen LogP contribution in [0.25, 0.3) is 5.65 Å². The highest BCUT2D eigenvalue weighted by atomic mass is 35.7. The van der Waals surface area contributed by atoms with Crippen LogP contribution in [0, 0.1) is 11.9 Å². The molecule has 5 nitrogen and oxygen atoms in total. The molecule has 0 amide bonds. The van der Waals surface area contributed by atoms with Crippen LogP contribution in [0.5, 0.6) is 0 Å². The van der Waals surface area contributed by atoms with Crippen molar-refractivity contribution in [3.05, 3.63) is 23.8 Å². The monoisotopic (exact) mass is 291 g/mol. The second-order valence-electron chi connectivity index (χ2n) is 4.34. The fraction of sp³-hybridized carbons (Fsp3) is 0.400. The lowest BCUT2D eigenvalue weighted by Gasteiger charge is -2.04. The molecular formula is C10H11ClFN3O2S. The van der Waals surface area contributed by atoms with E-state index in [4.69, 9.17) is 10.7 Å². The normalized spacial score (nSPS) is 12.5. The first-order chi connectivity index (χ1) is 8.29. The number of hydrogen-bond acceptors (Lipinski definition) is 4. The Balaban J connectivity index is 2.67. The van der Waals surface area contributed by atoms with E-state index in [0.717, 1.165) is 4.52 Å². The van der Waals surface area contributed by atoms with Crippen molar-refractivity contribution in [1.29, 1.82) is 0 Å². The summed E-state index contributed by atoms with van der Waals surface area (Å²) in [6, 6.07) is 3.20. The molecule has 0 aliphatic heterocycles. The van der Waals surface area contributed by atoms with E-state index in [1.165, 1.54) is 6.07 Å². The number of rotatable bonds is 3. The lowest BCUT2D eigenvalue weighted by atomic mass is 10.1. The summed E-state index contributed by atoms with van der Waals surface area (Å²) in [6.45, 7) is 4.00. The van der Waals surface area contributed by atoms with E-state index in [0.29, 0.717) is 18.0 Å². The average Bonchev–Trinajstić information content (AvgIpc) is 2.51. The van der Waals surface area contributed by atoms with Gasteiger partial charge in [0.25, 0.3) is 15.0 Å². The highest BCUT2D eigenvalue weighted by molar-refractivity contribution is 8.13. The molecule has 2 heterocycles. The Morgan fingerprint density at radius 1 is 1.44 bits per heavy atom. The van der Waals surface area contributed by atoms with Crippen molar-refractivity contribution in [2.75, 3.05) is 0 Å². The van der Waals surface area contributed by atoms with Crippen molar-refractivity contribution in [3.8, 4) is 0 Å². The summed E-state index contributed by atoms with van der Waals surface area (Å²) in [7, 11) is 0.947. The first kappa shape index (κ1) is 13.2. The molecule has 0 fully saturated rings. The number of aromatic nitrogens is 3. The van der Waals surface area contributed by atoms with Crippen LogP contribution in [0.3, 0.4) is 0 Å². The third kappa shape index (κ3) is 2.46. The van der Waals surface area contributed by atoms with Crippen LogP contribution >= 0.6 is 10.7 Å². The van der Waals surface area contributed by atoms with Gasteiger partial charge in [-0.3, -0.25) is 0 Å². The van der Waals surface area contributed by atoms with Gasteiger partial charge in [0.15, 0.2) is 5.65 Å². The van der Waals surface area contributed by atoms with Gasteiger partial charge in [-0.2, -0.15) is 19.0 Å². The third-order valence-corrected chi connectivity index (χ3v) is 3.54. The Hall–Kier alpha value is -1.21. The van der Waals surface area contributed by atoms with E-state index in [1.54, 1.807) is 6.07 Å². The van der Waals surface area contributed by atoms with Gasteiger partial charge in [0.05, 0.1) is 5.69 Å². The molecule has 0 saturated carbocycles. The predicted octanol–water partition coefficient (Wildman–Crippen LogP) is 1.99. The Kier molecular flexibility index (Phi) is 3.29. The molecule has 2 rings (SSSR count). The number of hydrogen-bond donors (Lipinski definition) is 0. The van der Waals surface area contributed by atoms with Crippen LogP contribution in [0.1, 0.15) is 19.5 Å². The summed E-state index contributed by atoms with van der Waals surface area (Å²) in [5.41, 5.74) is 0.760. The van der Waals surface area contributed by atoms with Gasteiger partial charge in [-0.05, 0) is 24.5 Å². The van der Waals surface area contributed by atoms with E-state index in [-0.39, 0.29) is 5.65 Å². The summed E-state index contributed by atoms with van der Waals surface area (Å²) in [4.78, 5) is 3.47. The molecule has 2 aromatic rings. The zero-order valence-corrected chi connectivity index (χ0v) is 11.3. The van der Waals surface area contributed by atoms with E-state index >= 15 is 0 Å². The van der Waals surface area contributed by atoms with Crippen molar-refractivity contribution < 1.29 is 12.8 Å². The van der Waals surface area contributed by atoms with Crippen LogP contribution in [-0.4, -0.2) is 23.0 Å². The molecule has 0 radical (unpaired) electrons. The Morgan fingerprint density at radius 2 is 2.11 bits per heavy atom. The fourth-order valence-corrected chi connectivity index (χ4v) is 2.63. The minimum absolute atomic E-state index is 0.110. The molecule has 0 spiro atoms. The number of nitrogens with zero attached hydrogens (tertiary/aromatic N) is 3. The lowest BCUT2D eigenvalue weighted by Crippen LogP contribution is -2.06. The van der Waals surface area contributed by atoms with Gasteiger partial charge in [-0.15, -0.1) is 0 Å². The molecule has 0 N–H and O–H groups in total. The molecule has 0 atom stereocenters. The number of imidazole rings is 1. The Morgan fingerprint density at radius 3 is 2.67 bits per heavy atom. The topological polar surface area (TPSA) is 64.3 Å². The fourth-order valence-electron chi connectivity index (χ4n) is 1.66. The van der Waals surface area contributed by atoms with Gasteiger partial charge in [0, 0.05) is 10.7 Å². The summed E-state index contributed by atoms with van der Waals surface area (Å²) in [5.74, 6) is -0.793. The van der Waals surface area contributed by atoms with Gasteiger partial charge in [-0.25, -0.2) is 8.42 Å². The van der Waals surface area contributed by atoms with Gasteiger partial charge in [0.1, 0.15) is 0 Å². The highest BCUT2D eigenvalue weighted by Crippen LogP contribution is 2.20. The SMILES string of the molecule is CC(C)Cc1ccc2nc(F)c(S(=O)(=O)Cl)n2n1. The molecule has 0 bridgehead atoms. The van der Waals surface area contributed by atoms with Crippen molar-refractivity contribution >= 4 is 25.4 Å². The maximum atomic E-state index is 13.5. The van der Waals surface area contributed by atoms with Crippen LogP contribution in [-0.2, 0) is 15.5 Å². The van der Waals surface area contributed by atoms with Gasteiger partial charge < -0.3 is 0 Å². The zero-order valence-electron chi connectivity index (χ0n) is 9.76. The standard InChI is InChI=1S/C10H11ClFN3O2S/c1-6(2)5-7-3-4-8-13-9(12)10(15(8)14-7)18(11,16)17/h3-4,6H,5H2,1-2H3. The van der Waals surface area contributed by atoms with Crippen LogP contribution in [0.2, 0.25) is 0 Å². The molecular weight excluding hydrogens is 281 g/mol. The van der Waals surface area contributed by atoms with Crippen molar-refractivity contribution in [2.24, 2.45) is 5.92 Å². The summed E-state index contributed by atoms with van der Waals surface area (Å²) in [6.07, 6.45) is 0.650. The molecule has 18 heavy (non-hydrogen) atoms. The van der Waals surface area contributed by atoms with Crippen molar-refractivity contribution in [3.63, 3.8) is 0 Å². The van der Waals surface area contributed by atoms with Crippen molar-refractivity contribution in [2.45, 2.75) is 25.3 Å². The number of halogens is 2. The highest BCUT2D eigenvalue weighted by Gasteiger charge is 2.24. The molecule has 0 aliphatic rings. The molecule has 0 aliphatic carbocycles. The molecule has 98 valence electrons. The molecule has 0 saturated heterocycles. The van der Waals surface area contributed by atoms with E-state index in [2.05, 4.69) is 10.1 Å². The minimum Gasteiger partial charge on any atom is -0.205 e. The summed E-state index contributed by atoms with van der Waals surface area (Å²) in [5, 5.41) is 3.34. The number of fused-ring (bicyclic) bond motifs is 1. The molecule has 8 heteroatoms. The van der Waals surface area contributed by atoms with Gasteiger partial charge >= 0.3 is 0 Å². The third-order valence-electron chi connectivity index (χ3n) is 2.30. The average molecular weight is 292 g/mol. The Bertz CT molecular complexity index is 696. The maximum Gasteiger partial charge on any atom is 0.283 e. The Labute approximate surface area is 108 Å². The van der Waals surface area contributed by atoms with Gasteiger partial charge in [0.2, 0.25) is 5.03 Å². The van der Waals surface area contributed by atoms with Gasteiger partial charge in [-0.1, -0.05) is 13.8 Å². The van der Waals surface area contributed by atoms with Crippen molar-refractivity contribution in [1.82, 2.24) is 14.6 Å². The largest absolute Gasteiger partial charge is 0.283 e. The first-order valence-electron chi connectivity index (χ1n) is 5.28. The van der Waals surface area contributed by atoms with E-state index in [1.807, 2.05) is 13.8 Å². The lowest BCUT2D eigenvalue weighted by molar-refractivity contribution is 0.536. The second-order valence-corrected chi connectivity index (χ2v) is 6.82. The predicted molar refractivity (Wildman–Crippen MR) is 64.5 cm³/mol. The molecule has 2 aromatic heterocycles. The summed E-state index contributed by atoms with van der Waals surface area (Å²) < 4.78 is 37.0. The molecule has 0 aromatic carbocycles. The second kappa shape index (κ2) is 4.47. The van der Waals surface area contributed by atoms with E-state index < -0.39 is 20.0 Å². The van der Waals surface area contributed by atoms with Crippen LogP contribution in [0.15, 0.2) is 17.2 Å². The maximum absolute atomic E-state index is 13.5. The zero-order chi connectivity index (χ0) is 13.5. The van der Waals surface area contributed by atoms with E-state index in [9.17, 15) is 12.8 Å². The first-order valence-corrected chi connectivity index (χ1v) is 7.59. The smallest absolute Gasteiger partial charge is 0.205 e. The quantitative estimate of drug-likeness (QED) is 0.811. The van der Waals surface area contributed by atoms with Crippen LogP contribution in [0.4, 0.5) is 4.39 Å². The minimum atomic E-state index is -4.23. The molecule has 0 unspecified atom stereocenters. The van der Waals surface area contributed by atoms with Crippen LogP contribution < -0.4 is 0 Å².